The maximum absolute atomic E-state index is 12.8. The quantitative estimate of drug-likeness (QED) is 0.633. The van der Waals surface area contributed by atoms with Gasteiger partial charge < -0.3 is 5.32 Å². The summed E-state index contributed by atoms with van der Waals surface area (Å²) in [6.07, 6.45) is -4.46. The van der Waals surface area contributed by atoms with Gasteiger partial charge in [0.15, 0.2) is 0 Å². The topological polar surface area (TPSA) is 72.7 Å². The van der Waals surface area contributed by atoms with Crippen LogP contribution >= 0.6 is 15.9 Å². The minimum Gasteiger partial charge on any atom is -0.348 e. The van der Waals surface area contributed by atoms with Crippen LogP contribution in [0.1, 0.15) is 24.1 Å². The second kappa shape index (κ2) is 8.09. The molecule has 0 fully saturated rings. The van der Waals surface area contributed by atoms with Crippen LogP contribution in [-0.2, 0) is 17.5 Å². The van der Waals surface area contributed by atoms with Gasteiger partial charge in [0.25, 0.3) is 0 Å². The van der Waals surface area contributed by atoms with Crippen molar-refractivity contribution in [1.29, 1.82) is 0 Å². The van der Waals surface area contributed by atoms with Crippen LogP contribution in [0.25, 0.3) is 11.4 Å². The summed E-state index contributed by atoms with van der Waals surface area (Å²) in [6.45, 7) is 1.64. The second-order valence-electron chi connectivity index (χ2n) is 6.06. The lowest BCUT2D eigenvalue weighted by Crippen LogP contribution is -2.30. The third-order valence-electron chi connectivity index (χ3n) is 3.93. The molecule has 1 atom stereocenters. The zero-order valence-electron chi connectivity index (χ0n) is 14.6. The van der Waals surface area contributed by atoms with Crippen LogP contribution in [-0.4, -0.2) is 26.1 Å². The summed E-state index contributed by atoms with van der Waals surface area (Å²) in [6, 6.07) is 11.9. The van der Waals surface area contributed by atoms with E-state index < -0.39 is 11.7 Å². The number of carbonyl (C=O) groups is 1. The first-order valence-corrected chi connectivity index (χ1v) is 9.02. The van der Waals surface area contributed by atoms with Crippen molar-refractivity contribution in [3.05, 3.63) is 64.1 Å². The normalized spacial score (nSPS) is 12.6. The number of amides is 1. The number of nitrogens with one attached hydrogen (secondary N) is 1. The van der Waals surface area contributed by atoms with Crippen molar-refractivity contribution in [2.24, 2.45) is 0 Å². The van der Waals surface area contributed by atoms with Gasteiger partial charge in [0.1, 0.15) is 6.54 Å². The molecular weight excluding hydrogens is 439 g/mol. The van der Waals surface area contributed by atoms with Gasteiger partial charge in [0.2, 0.25) is 11.7 Å². The van der Waals surface area contributed by atoms with Crippen molar-refractivity contribution >= 4 is 21.8 Å². The summed E-state index contributed by atoms with van der Waals surface area (Å²) >= 11 is 3.35. The second-order valence-corrected chi connectivity index (χ2v) is 6.98. The zero-order valence-corrected chi connectivity index (χ0v) is 16.2. The van der Waals surface area contributed by atoms with Gasteiger partial charge >= 0.3 is 6.18 Å². The van der Waals surface area contributed by atoms with Crippen LogP contribution in [0.5, 0.6) is 0 Å². The number of hydrogen-bond acceptors (Lipinski definition) is 4. The van der Waals surface area contributed by atoms with E-state index in [1.165, 1.54) is 12.1 Å². The lowest BCUT2D eigenvalue weighted by molar-refractivity contribution is -0.137. The lowest BCUT2D eigenvalue weighted by atomic mass is 10.1. The van der Waals surface area contributed by atoms with Gasteiger partial charge in [-0.25, -0.2) is 0 Å². The molecule has 146 valence electrons. The van der Waals surface area contributed by atoms with Crippen molar-refractivity contribution < 1.29 is 18.0 Å². The molecule has 10 heteroatoms. The number of nitrogens with zero attached hydrogens (tertiary/aromatic N) is 4. The molecule has 6 nitrogen and oxygen atoms in total. The Morgan fingerprint density at radius 1 is 1.21 bits per heavy atom. The van der Waals surface area contributed by atoms with Crippen molar-refractivity contribution in [3.63, 3.8) is 0 Å². The number of rotatable bonds is 5. The number of carbonyl (C=O) groups excluding carboxylic acids is 1. The Balaban J connectivity index is 1.66. The molecule has 2 aromatic carbocycles. The summed E-state index contributed by atoms with van der Waals surface area (Å²) in [5, 5.41) is 14.3. The molecule has 0 saturated carbocycles. The minimum atomic E-state index is -4.46. The Morgan fingerprint density at radius 3 is 2.61 bits per heavy atom. The first kappa shape index (κ1) is 20.0. The molecule has 0 radical (unpaired) electrons. The zero-order chi connectivity index (χ0) is 20.3. The highest BCUT2D eigenvalue weighted by atomic mass is 79.9. The minimum absolute atomic E-state index is 0.0138. The van der Waals surface area contributed by atoms with E-state index in [0.29, 0.717) is 0 Å². The van der Waals surface area contributed by atoms with Crippen molar-refractivity contribution in [1.82, 2.24) is 25.5 Å². The smallest absolute Gasteiger partial charge is 0.348 e. The summed E-state index contributed by atoms with van der Waals surface area (Å²) in [5.41, 5.74) is 0.292. The fraction of sp³-hybridized carbons (Fsp3) is 0.222. The van der Waals surface area contributed by atoms with Gasteiger partial charge in [-0.3, -0.25) is 4.79 Å². The first-order chi connectivity index (χ1) is 13.2. The van der Waals surface area contributed by atoms with Crippen molar-refractivity contribution in [2.45, 2.75) is 25.7 Å². The molecule has 0 aliphatic heterocycles. The molecule has 1 heterocycles. The van der Waals surface area contributed by atoms with E-state index in [-0.39, 0.29) is 29.9 Å². The summed E-state index contributed by atoms with van der Waals surface area (Å²) in [5.74, 6) is -0.330. The fourth-order valence-corrected chi connectivity index (χ4v) is 2.78. The van der Waals surface area contributed by atoms with Crippen LogP contribution in [0.3, 0.4) is 0 Å². The molecule has 0 bridgehead atoms. The lowest BCUT2D eigenvalue weighted by Gasteiger charge is -2.14. The fourth-order valence-electron chi connectivity index (χ4n) is 2.51. The molecule has 3 aromatic rings. The van der Waals surface area contributed by atoms with Gasteiger partial charge in [0, 0.05) is 10.0 Å². The third-order valence-corrected chi connectivity index (χ3v) is 4.46. The summed E-state index contributed by atoms with van der Waals surface area (Å²) in [4.78, 5) is 13.2. The van der Waals surface area contributed by atoms with E-state index in [1.807, 2.05) is 31.2 Å². The molecule has 1 amide bonds. The molecule has 1 N–H and O–H groups in total. The van der Waals surface area contributed by atoms with E-state index in [4.69, 9.17) is 0 Å². The van der Waals surface area contributed by atoms with E-state index in [9.17, 15) is 18.0 Å². The molecule has 0 aliphatic carbocycles. The highest BCUT2D eigenvalue weighted by Crippen LogP contribution is 2.31. The van der Waals surface area contributed by atoms with Crippen molar-refractivity contribution in [2.75, 3.05) is 0 Å². The Labute approximate surface area is 166 Å². The molecule has 1 unspecified atom stereocenters. The molecule has 0 spiro atoms. The molecule has 1 aromatic heterocycles. The molecule has 28 heavy (non-hydrogen) atoms. The van der Waals surface area contributed by atoms with E-state index in [1.54, 1.807) is 0 Å². The van der Waals surface area contributed by atoms with Crippen LogP contribution in [0.2, 0.25) is 0 Å². The SMILES string of the molecule is CC(NC(=O)Cn1nnc(-c2cccc(C(F)(F)F)c2)n1)c1ccc(Br)cc1. The van der Waals surface area contributed by atoms with Gasteiger partial charge in [-0.1, -0.05) is 40.2 Å². The Hall–Kier alpha value is -2.75. The van der Waals surface area contributed by atoms with Gasteiger partial charge in [-0.15, -0.1) is 10.2 Å². The van der Waals surface area contributed by atoms with E-state index >= 15 is 0 Å². The predicted octanol–water partition coefficient (Wildman–Crippen LogP) is 4.00. The Morgan fingerprint density at radius 2 is 1.93 bits per heavy atom. The monoisotopic (exact) mass is 453 g/mol. The number of tetrazole rings is 1. The number of aromatic nitrogens is 4. The maximum atomic E-state index is 12.8. The summed E-state index contributed by atoms with van der Waals surface area (Å²) < 4.78 is 39.4. The van der Waals surface area contributed by atoms with Gasteiger partial charge in [-0.2, -0.15) is 18.0 Å². The highest BCUT2D eigenvalue weighted by molar-refractivity contribution is 9.10. The van der Waals surface area contributed by atoms with E-state index in [0.717, 1.165) is 27.0 Å². The average Bonchev–Trinajstić information content (AvgIpc) is 3.10. The van der Waals surface area contributed by atoms with Gasteiger partial charge in [-0.05, 0) is 42.0 Å². The number of alkyl halides is 3. The van der Waals surface area contributed by atoms with Crippen LogP contribution < -0.4 is 5.32 Å². The van der Waals surface area contributed by atoms with Gasteiger partial charge in [0.05, 0.1) is 11.6 Å². The highest BCUT2D eigenvalue weighted by Gasteiger charge is 2.30. The number of halogens is 4. The number of hydrogen-bond donors (Lipinski definition) is 1. The third kappa shape index (κ3) is 4.94. The van der Waals surface area contributed by atoms with Crippen LogP contribution in [0.4, 0.5) is 13.2 Å². The first-order valence-electron chi connectivity index (χ1n) is 8.22. The van der Waals surface area contributed by atoms with Crippen LogP contribution in [0, 0.1) is 0 Å². The largest absolute Gasteiger partial charge is 0.416 e. The number of benzene rings is 2. The van der Waals surface area contributed by atoms with Crippen molar-refractivity contribution in [3.8, 4) is 11.4 Å². The molecular formula is C18H15BrF3N5O. The summed E-state index contributed by atoms with van der Waals surface area (Å²) in [7, 11) is 0. The Kier molecular flexibility index (Phi) is 5.78. The van der Waals surface area contributed by atoms with E-state index in [2.05, 4.69) is 36.7 Å². The molecule has 0 saturated heterocycles. The molecule has 0 aliphatic rings. The van der Waals surface area contributed by atoms with Crippen LogP contribution in [0.15, 0.2) is 53.0 Å². The molecule has 3 rings (SSSR count). The standard InChI is InChI=1S/C18H15BrF3N5O/c1-11(12-5-7-15(19)8-6-12)23-16(28)10-27-25-17(24-26-27)13-3-2-4-14(9-13)18(20,21)22/h2-9,11H,10H2,1H3,(H,23,28). The Bertz CT molecular complexity index is 972. The average molecular weight is 454 g/mol. The maximum Gasteiger partial charge on any atom is 0.416 e. The predicted molar refractivity (Wildman–Crippen MR) is 99.0 cm³/mol.